The maximum absolute atomic E-state index is 11.7. The third kappa shape index (κ3) is 4.18. The lowest BCUT2D eigenvalue weighted by atomic mass is 10.2. The van der Waals surface area contributed by atoms with Crippen molar-refractivity contribution in [3.63, 3.8) is 0 Å². The number of aryl methyl sites for hydroxylation is 1. The van der Waals surface area contributed by atoms with Crippen LogP contribution in [0.1, 0.15) is 12.5 Å². The zero-order valence-corrected chi connectivity index (χ0v) is 10.8. The van der Waals surface area contributed by atoms with Crippen LogP contribution < -0.4 is 5.32 Å². The Hall–Kier alpha value is -1.88. The van der Waals surface area contributed by atoms with Crippen LogP contribution in [0.2, 0.25) is 0 Å². The number of benzene rings is 1. The molecule has 0 fully saturated rings. The van der Waals surface area contributed by atoms with Crippen molar-refractivity contribution in [1.29, 1.82) is 0 Å². The molecule has 0 aliphatic rings. The van der Waals surface area contributed by atoms with Gasteiger partial charge < -0.3 is 15.3 Å². The van der Waals surface area contributed by atoms with E-state index in [2.05, 4.69) is 5.32 Å². The number of amides is 2. The van der Waals surface area contributed by atoms with Crippen molar-refractivity contribution >= 4 is 17.5 Å². The molecule has 5 nitrogen and oxygen atoms in total. The van der Waals surface area contributed by atoms with Crippen molar-refractivity contribution in [2.45, 2.75) is 20.0 Å². The molecule has 1 aromatic carbocycles. The van der Waals surface area contributed by atoms with Crippen molar-refractivity contribution in [2.24, 2.45) is 0 Å². The maximum atomic E-state index is 11.7. The number of aliphatic hydroxyl groups excluding tert-OH is 1. The summed E-state index contributed by atoms with van der Waals surface area (Å²) >= 11 is 0. The smallest absolute Gasteiger partial charge is 0.313 e. The molecule has 98 valence electrons. The van der Waals surface area contributed by atoms with Gasteiger partial charge in [-0.15, -0.1) is 0 Å². The van der Waals surface area contributed by atoms with Gasteiger partial charge in [0, 0.05) is 19.3 Å². The first-order valence-electron chi connectivity index (χ1n) is 5.71. The molecule has 1 aromatic rings. The van der Waals surface area contributed by atoms with E-state index in [0.717, 1.165) is 5.56 Å². The maximum Gasteiger partial charge on any atom is 0.313 e. The Morgan fingerprint density at radius 1 is 1.33 bits per heavy atom. The fraction of sp³-hybridized carbons (Fsp3) is 0.385. The topological polar surface area (TPSA) is 69.6 Å². The minimum absolute atomic E-state index is 0.125. The second-order valence-electron chi connectivity index (χ2n) is 4.35. The minimum Gasteiger partial charge on any atom is -0.392 e. The van der Waals surface area contributed by atoms with E-state index in [1.165, 1.54) is 11.9 Å². The van der Waals surface area contributed by atoms with Crippen molar-refractivity contribution in [1.82, 2.24) is 4.90 Å². The van der Waals surface area contributed by atoms with Crippen LogP contribution in [0.5, 0.6) is 0 Å². The first-order valence-corrected chi connectivity index (χ1v) is 5.71. The van der Waals surface area contributed by atoms with Gasteiger partial charge in [-0.25, -0.2) is 0 Å². The molecule has 1 atom stereocenters. The SMILES string of the molecule is Cc1ccc(NC(=O)C(=O)N(C)CC(C)O)cc1. The van der Waals surface area contributed by atoms with Crippen LogP contribution in [0, 0.1) is 6.92 Å². The molecule has 0 radical (unpaired) electrons. The summed E-state index contributed by atoms with van der Waals surface area (Å²) in [4.78, 5) is 24.5. The highest BCUT2D eigenvalue weighted by molar-refractivity contribution is 6.39. The third-order valence-electron chi connectivity index (χ3n) is 2.39. The van der Waals surface area contributed by atoms with Gasteiger partial charge in [0.25, 0.3) is 0 Å². The quantitative estimate of drug-likeness (QED) is 0.779. The van der Waals surface area contributed by atoms with Gasteiger partial charge >= 0.3 is 11.8 Å². The zero-order chi connectivity index (χ0) is 13.7. The number of aliphatic hydroxyl groups is 1. The molecule has 1 rings (SSSR count). The monoisotopic (exact) mass is 250 g/mol. The Morgan fingerprint density at radius 2 is 1.89 bits per heavy atom. The van der Waals surface area contributed by atoms with Gasteiger partial charge in [-0.05, 0) is 26.0 Å². The highest BCUT2D eigenvalue weighted by Gasteiger charge is 2.19. The van der Waals surface area contributed by atoms with Crippen molar-refractivity contribution in [3.05, 3.63) is 29.8 Å². The number of hydrogen-bond donors (Lipinski definition) is 2. The molecule has 2 amide bonds. The molecule has 18 heavy (non-hydrogen) atoms. The number of rotatable bonds is 3. The average molecular weight is 250 g/mol. The first-order chi connectivity index (χ1) is 8.40. The number of nitrogens with one attached hydrogen (secondary N) is 1. The number of likely N-dealkylation sites (N-methyl/N-ethyl adjacent to an activating group) is 1. The predicted molar refractivity (Wildman–Crippen MR) is 69.1 cm³/mol. The second-order valence-corrected chi connectivity index (χ2v) is 4.35. The van der Waals surface area contributed by atoms with Crippen LogP contribution in [0.4, 0.5) is 5.69 Å². The van der Waals surface area contributed by atoms with Crippen LogP contribution in [0.25, 0.3) is 0 Å². The molecule has 0 aromatic heterocycles. The molecule has 2 N–H and O–H groups in total. The van der Waals surface area contributed by atoms with Crippen molar-refractivity contribution < 1.29 is 14.7 Å². The van der Waals surface area contributed by atoms with Crippen LogP contribution in [-0.4, -0.2) is 41.5 Å². The van der Waals surface area contributed by atoms with E-state index in [-0.39, 0.29) is 6.54 Å². The largest absolute Gasteiger partial charge is 0.392 e. The highest BCUT2D eigenvalue weighted by atomic mass is 16.3. The Labute approximate surface area is 106 Å². The van der Waals surface area contributed by atoms with Gasteiger partial charge in [-0.1, -0.05) is 17.7 Å². The highest BCUT2D eigenvalue weighted by Crippen LogP contribution is 2.08. The van der Waals surface area contributed by atoms with Crippen molar-refractivity contribution in [3.8, 4) is 0 Å². The van der Waals surface area contributed by atoms with E-state index in [1.54, 1.807) is 19.1 Å². The molecule has 5 heteroatoms. The van der Waals surface area contributed by atoms with Gasteiger partial charge in [0.2, 0.25) is 0 Å². The van der Waals surface area contributed by atoms with Crippen LogP contribution >= 0.6 is 0 Å². The summed E-state index contributed by atoms with van der Waals surface area (Å²) in [6, 6.07) is 7.16. The van der Waals surface area contributed by atoms with E-state index in [4.69, 9.17) is 5.11 Å². The Bertz CT molecular complexity index is 426. The van der Waals surface area contributed by atoms with E-state index in [9.17, 15) is 9.59 Å². The number of carbonyl (C=O) groups is 2. The summed E-state index contributed by atoms with van der Waals surface area (Å²) < 4.78 is 0. The van der Waals surface area contributed by atoms with Crippen LogP contribution in [-0.2, 0) is 9.59 Å². The summed E-state index contributed by atoms with van der Waals surface area (Å²) in [5, 5.41) is 11.7. The molecule has 0 saturated carbocycles. The molecule has 0 spiro atoms. The molecule has 0 heterocycles. The molecule has 0 saturated heterocycles. The standard InChI is InChI=1S/C13H18N2O3/c1-9-4-6-11(7-5-9)14-12(17)13(18)15(3)8-10(2)16/h4-7,10,16H,8H2,1-3H3,(H,14,17). The molecule has 1 unspecified atom stereocenters. The van der Waals surface area contributed by atoms with Gasteiger partial charge in [0.1, 0.15) is 0 Å². The number of hydrogen-bond acceptors (Lipinski definition) is 3. The van der Waals surface area contributed by atoms with E-state index >= 15 is 0 Å². The first kappa shape index (κ1) is 14.2. The number of nitrogens with zero attached hydrogens (tertiary/aromatic N) is 1. The summed E-state index contributed by atoms with van der Waals surface area (Å²) in [6.07, 6.45) is -0.661. The Balaban J connectivity index is 2.59. The predicted octanol–water partition coefficient (Wildman–Crippen LogP) is 0.773. The Kier molecular flexibility index (Phi) is 4.85. The molecule has 0 aliphatic heterocycles. The summed E-state index contributed by atoms with van der Waals surface area (Å²) in [5.41, 5.74) is 1.65. The van der Waals surface area contributed by atoms with E-state index < -0.39 is 17.9 Å². The van der Waals surface area contributed by atoms with Crippen LogP contribution in [0.3, 0.4) is 0 Å². The molecule has 0 aliphatic carbocycles. The van der Waals surface area contributed by atoms with E-state index in [0.29, 0.717) is 5.69 Å². The van der Waals surface area contributed by atoms with Gasteiger partial charge in [0.15, 0.2) is 0 Å². The molecule has 0 bridgehead atoms. The van der Waals surface area contributed by atoms with E-state index in [1.807, 2.05) is 19.1 Å². The fourth-order valence-electron chi connectivity index (χ4n) is 1.47. The number of anilines is 1. The summed E-state index contributed by atoms with van der Waals surface area (Å²) in [5.74, 6) is -1.38. The normalized spacial score (nSPS) is 11.8. The third-order valence-corrected chi connectivity index (χ3v) is 2.39. The summed E-state index contributed by atoms with van der Waals surface area (Å²) in [6.45, 7) is 3.62. The fourth-order valence-corrected chi connectivity index (χ4v) is 1.47. The lowest BCUT2D eigenvalue weighted by Gasteiger charge is -2.18. The number of carbonyl (C=O) groups excluding carboxylic acids is 2. The van der Waals surface area contributed by atoms with Gasteiger partial charge in [-0.2, -0.15) is 0 Å². The lowest BCUT2D eigenvalue weighted by molar-refractivity contribution is -0.142. The van der Waals surface area contributed by atoms with Crippen molar-refractivity contribution in [2.75, 3.05) is 18.9 Å². The average Bonchev–Trinajstić information content (AvgIpc) is 2.30. The van der Waals surface area contributed by atoms with Crippen LogP contribution in [0.15, 0.2) is 24.3 Å². The zero-order valence-electron chi connectivity index (χ0n) is 10.8. The Morgan fingerprint density at radius 3 is 2.39 bits per heavy atom. The lowest BCUT2D eigenvalue weighted by Crippen LogP contribution is -2.40. The second kappa shape index (κ2) is 6.16. The molecular weight excluding hydrogens is 232 g/mol. The van der Waals surface area contributed by atoms with Gasteiger partial charge in [0.05, 0.1) is 6.10 Å². The summed E-state index contributed by atoms with van der Waals surface area (Å²) in [7, 11) is 1.48. The van der Waals surface area contributed by atoms with Gasteiger partial charge in [-0.3, -0.25) is 9.59 Å². The molecular formula is C13H18N2O3. The minimum atomic E-state index is -0.706.